The molecule has 33 heteroatoms. The van der Waals surface area contributed by atoms with Crippen molar-refractivity contribution in [3.63, 3.8) is 0 Å². The minimum Gasteiger partial charge on any atom is -0.389 e. The van der Waals surface area contributed by atoms with Crippen molar-refractivity contribution in [2.45, 2.75) is 97.2 Å². The van der Waals surface area contributed by atoms with Crippen LogP contribution >= 0.6 is 0 Å². The summed E-state index contributed by atoms with van der Waals surface area (Å²) in [7, 11) is 0. The van der Waals surface area contributed by atoms with E-state index in [1.165, 1.54) is 0 Å². The lowest BCUT2D eigenvalue weighted by Gasteiger charge is -2.28. The fourth-order valence-corrected chi connectivity index (χ4v) is 11.7. The summed E-state index contributed by atoms with van der Waals surface area (Å²) < 4.78 is 139. The highest BCUT2D eigenvalue weighted by Gasteiger charge is 2.28. The maximum Gasteiger partial charge on any atom is 0.251 e. The number of nitrogens with zero attached hydrogens (tertiary/aromatic N) is 9. The number of rotatable bonds is 21. The van der Waals surface area contributed by atoms with Crippen LogP contribution in [0.5, 0.6) is 0 Å². The first-order chi connectivity index (χ1) is 51.0. The smallest absolute Gasteiger partial charge is 0.251 e. The lowest BCUT2D eigenvalue weighted by molar-refractivity contribution is 0.0694. The Hall–Kier alpha value is -10.3. The SMILES string of the molecule is CC(Nc1cc(F)c(F)c(F)c1)c1cc(C(=O)NCC(C)(C)O)cc2ncc(N3CCOCC3)nc12.CC(Nc1cc(F)c(F)c(F)c1)c1cc(C(=O)NCC(C)(C)O)cc2ncc(N3CCOCC3)nc12.CC(Nc1cc(F)c(F)c(F)c1)c1cc(C(=O)NCC(C)(C)O)cc2ncc(N3CCOCC3)nc12. The maximum absolute atomic E-state index is 13.8. The highest BCUT2D eigenvalue weighted by Crippen LogP contribution is 2.34. The molecule has 24 nitrogen and oxygen atoms in total. The average molecular weight is 1510 g/mol. The number of carbonyl (C=O) groups excluding carboxylic acids is 3. The van der Waals surface area contributed by atoms with Gasteiger partial charge in [-0.05, 0) is 98.7 Å². The van der Waals surface area contributed by atoms with Gasteiger partial charge in [-0.1, -0.05) is 0 Å². The Balaban J connectivity index is 0.000000173. The van der Waals surface area contributed by atoms with Crippen LogP contribution in [0.2, 0.25) is 0 Å². The molecule has 3 atom stereocenters. The van der Waals surface area contributed by atoms with E-state index in [0.717, 1.165) is 36.4 Å². The van der Waals surface area contributed by atoms with Gasteiger partial charge in [0.25, 0.3) is 17.7 Å². The predicted molar refractivity (Wildman–Crippen MR) is 389 cm³/mol. The van der Waals surface area contributed by atoms with Gasteiger partial charge in [-0.25, -0.2) is 54.5 Å². The Kier molecular flexibility index (Phi) is 25.5. The monoisotopic (exact) mass is 1510 g/mol. The van der Waals surface area contributed by atoms with Crippen molar-refractivity contribution >= 4 is 85.3 Å². The molecule has 0 bridgehead atoms. The average Bonchev–Trinajstić information content (AvgIpc) is 0.787. The van der Waals surface area contributed by atoms with Crippen molar-refractivity contribution in [1.29, 1.82) is 0 Å². The molecule has 3 aromatic heterocycles. The van der Waals surface area contributed by atoms with Gasteiger partial charge in [0, 0.05) is 146 Å². The van der Waals surface area contributed by atoms with Crippen LogP contribution in [-0.2, 0) is 14.2 Å². The van der Waals surface area contributed by atoms with Crippen LogP contribution in [0.1, 0.15) is 128 Å². The molecule has 6 heterocycles. The summed E-state index contributed by atoms with van der Waals surface area (Å²) in [4.78, 5) is 72.6. The highest BCUT2D eigenvalue weighted by molar-refractivity contribution is 6.00. The molecule has 108 heavy (non-hydrogen) atoms. The number of nitrogens with one attached hydrogen (secondary N) is 6. The molecule has 3 saturated heterocycles. The van der Waals surface area contributed by atoms with Gasteiger partial charge in [0.05, 0.1) is 126 Å². The fourth-order valence-electron chi connectivity index (χ4n) is 11.7. The molecular formula is C75H84F9N15O9. The summed E-state index contributed by atoms with van der Waals surface area (Å²) in [5, 5.41) is 46.8. The first-order valence-electron chi connectivity index (χ1n) is 34.7. The number of anilines is 6. The van der Waals surface area contributed by atoms with E-state index in [0.29, 0.717) is 146 Å². The topological polar surface area (TPSA) is 299 Å². The van der Waals surface area contributed by atoms with Gasteiger partial charge in [-0.3, -0.25) is 29.3 Å². The maximum atomic E-state index is 13.8. The third-order valence-electron chi connectivity index (χ3n) is 17.3. The Morgan fingerprint density at radius 1 is 0.389 bits per heavy atom. The molecule has 576 valence electrons. The van der Waals surface area contributed by atoms with E-state index >= 15 is 0 Å². The number of morpholine rings is 3. The summed E-state index contributed by atoms with van der Waals surface area (Å²) in [5.74, 6) is -11.9. The Labute approximate surface area is 615 Å². The van der Waals surface area contributed by atoms with E-state index in [1.807, 2.05) is 14.7 Å². The molecule has 0 saturated carbocycles. The van der Waals surface area contributed by atoms with Crippen LogP contribution in [0.15, 0.2) is 91.4 Å². The Bertz CT molecular complexity index is 4230. The molecule has 3 unspecified atom stereocenters. The lowest BCUT2D eigenvalue weighted by Crippen LogP contribution is -2.38. The Morgan fingerprint density at radius 2 is 0.611 bits per heavy atom. The molecule has 0 radical (unpaired) electrons. The van der Waals surface area contributed by atoms with Gasteiger partial charge in [0.15, 0.2) is 52.4 Å². The molecule has 3 aliphatic heterocycles. The number of halogens is 9. The van der Waals surface area contributed by atoms with Gasteiger partial charge < -0.3 is 76.1 Å². The third-order valence-corrected chi connectivity index (χ3v) is 17.3. The number of ether oxygens (including phenoxy) is 3. The number of fused-ring (bicyclic) bond motifs is 3. The lowest BCUT2D eigenvalue weighted by atomic mass is 10.0. The van der Waals surface area contributed by atoms with Crippen LogP contribution in [0.25, 0.3) is 33.1 Å². The zero-order chi connectivity index (χ0) is 78.1. The van der Waals surface area contributed by atoms with Gasteiger partial charge >= 0.3 is 0 Å². The second-order valence-electron chi connectivity index (χ2n) is 28.1. The van der Waals surface area contributed by atoms with Crippen LogP contribution in [0, 0.1) is 52.4 Å². The van der Waals surface area contributed by atoms with Gasteiger partial charge in [-0.15, -0.1) is 0 Å². The molecule has 6 aromatic carbocycles. The molecule has 9 N–H and O–H groups in total. The molecular weight excluding hydrogens is 1430 g/mol. The molecule has 3 fully saturated rings. The van der Waals surface area contributed by atoms with Crippen molar-refractivity contribution in [2.24, 2.45) is 0 Å². The molecule has 12 rings (SSSR count). The van der Waals surface area contributed by atoms with Gasteiger partial charge in [-0.2, -0.15) is 0 Å². The highest BCUT2D eigenvalue weighted by atomic mass is 19.2. The minimum atomic E-state index is -1.55. The minimum absolute atomic E-state index is 0.0289. The first kappa shape index (κ1) is 80.2. The van der Waals surface area contributed by atoms with Crippen molar-refractivity contribution < 1.29 is 83.4 Å². The van der Waals surface area contributed by atoms with Crippen molar-refractivity contribution in [1.82, 2.24) is 45.9 Å². The van der Waals surface area contributed by atoms with Crippen molar-refractivity contribution in [2.75, 3.05) is 129 Å². The fraction of sp³-hybridized carbons (Fsp3) is 0.400. The van der Waals surface area contributed by atoms with E-state index < -0.39 is 105 Å². The summed E-state index contributed by atoms with van der Waals surface area (Å²) in [6, 6.07) is 13.1. The van der Waals surface area contributed by atoms with E-state index in [2.05, 4.69) is 46.9 Å². The number of aromatic nitrogens is 6. The molecule has 9 aromatic rings. The number of carbonyl (C=O) groups is 3. The normalized spacial score (nSPS) is 15.1. The zero-order valence-electron chi connectivity index (χ0n) is 60.7. The third kappa shape index (κ3) is 20.9. The first-order valence-corrected chi connectivity index (χ1v) is 34.7. The quantitative estimate of drug-likeness (QED) is 0.0239. The number of amides is 3. The van der Waals surface area contributed by atoms with E-state index in [-0.39, 0.29) is 53.4 Å². The van der Waals surface area contributed by atoms with Crippen molar-refractivity contribution in [3.05, 3.63) is 177 Å². The molecule has 0 aliphatic carbocycles. The van der Waals surface area contributed by atoms with E-state index in [1.54, 1.807) is 117 Å². The second kappa shape index (κ2) is 34.3. The van der Waals surface area contributed by atoms with Gasteiger partial charge in [0.1, 0.15) is 17.5 Å². The number of hydrogen-bond donors (Lipinski definition) is 9. The second-order valence-corrected chi connectivity index (χ2v) is 28.1. The summed E-state index contributed by atoms with van der Waals surface area (Å²) in [6.45, 7) is 22.0. The molecule has 0 spiro atoms. The molecule has 3 amide bonds. The van der Waals surface area contributed by atoms with Crippen molar-refractivity contribution in [3.8, 4) is 0 Å². The summed E-state index contributed by atoms with van der Waals surface area (Å²) >= 11 is 0. The van der Waals surface area contributed by atoms with Crippen LogP contribution < -0.4 is 46.6 Å². The number of aliphatic hydroxyl groups is 3. The van der Waals surface area contributed by atoms with Crippen LogP contribution in [-0.4, -0.2) is 178 Å². The summed E-state index contributed by atoms with van der Waals surface area (Å²) in [6.07, 6.45) is 4.87. The predicted octanol–water partition coefficient (Wildman–Crippen LogP) is 10.7. The number of hydrogen-bond acceptors (Lipinski definition) is 21. The Morgan fingerprint density at radius 3 is 0.824 bits per heavy atom. The largest absolute Gasteiger partial charge is 0.389 e. The zero-order valence-corrected chi connectivity index (χ0v) is 60.7. The number of benzene rings is 6. The van der Waals surface area contributed by atoms with Crippen LogP contribution in [0.4, 0.5) is 74.0 Å². The van der Waals surface area contributed by atoms with Gasteiger partial charge in [0.2, 0.25) is 0 Å². The summed E-state index contributed by atoms with van der Waals surface area (Å²) in [5.41, 5.74) is 2.10. The van der Waals surface area contributed by atoms with Crippen LogP contribution in [0.3, 0.4) is 0 Å². The standard InChI is InChI=1S/3C25H28F3N5O3/c3*1-14(31-16-10-18(26)22(28)19(27)11-16)17-8-15(24(34)30-13-25(2,3)35)9-20-23(17)32-21(12-29-20)33-4-6-36-7-5-33/h3*8-12,14,31,35H,4-7,13H2,1-3H3,(H,30,34). The van der Waals surface area contributed by atoms with E-state index in [4.69, 9.17) is 29.2 Å². The molecule has 3 aliphatic rings. The van der Waals surface area contributed by atoms with E-state index in [9.17, 15) is 69.2 Å².